The van der Waals surface area contributed by atoms with Gasteiger partial charge in [-0.2, -0.15) is 4.31 Å². The van der Waals surface area contributed by atoms with Crippen LogP contribution in [0.1, 0.15) is 63.2 Å². The van der Waals surface area contributed by atoms with Gasteiger partial charge < -0.3 is 9.64 Å². The molecule has 0 radical (unpaired) electrons. The number of ether oxygens (including phenoxy) is 1. The molecule has 1 amide bonds. The van der Waals surface area contributed by atoms with Crippen LogP contribution in [0.15, 0.2) is 29.2 Å². The Labute approximate surface area is 179 Å². The Hall–Kier alpha value is -1.93. The SMILES string of the molecule is CC1CCN(S(=O)(=O)c2ccc(C(=O)OCC(=O)N3C(C)CCCC3C)cc2)CC1. The van der Waals surface area contributed by atoms with Gasteiger partial charge in [0.05, 0.1) is 10.5 Å². The van der Waals surface area contributed by atoms with Crippen molar-refractivity contribution in [2.24, 2.45) is 5.92 Å². The number of rotatable bonds is 5. The minimum absolute atomic E-state index is 0.141. The summed E-state index contributed by atoms with van der Waals surface area (Å²) in [5.74, 6) is -0.287. The molecule has 30 heavy (non-hydrogen) atoms. The van der Waals surface area contributed by atoms with Crippen molar-refractivity contribution in [2.45, 2.75) is 69.9 Å². The molecule has 7 nitrogen and oxygen atoms in total. The van der Waals surface area contributed by atoms with Crippen molar-refractivity contribution < 1.29 is 22.7 Å². The Morgan fingerprint density at radius 3 is 2.10 bits per heavy atom. The van der Waals surface area contributed by atoms with Gasteiger partial charge in [0, 0.05) is 25.2 Å². The number of likely N-dealkylation sites (tertiary alicyclic amines) is 1. The standard InChI is InChI=1S/C22H32N2O5S/c1-16-11-13-23(14-12-16)30(27,28)20-9-7-19(8-10-20)22(26)29-15-21(25)24-17(2)5-4-6-18(24)3/h7-10,16-18H,4-6,11-15H2,1-3H3. The molecule has 8 heteroatoms. The van der Waals surface area contributed by atoms with Gasteiger partial charge in [-0.1, -0.05) is 6.92 Å². The number of hydrogen-bond donors (Lipinski definition) is 0. The molecule has 2 saturated heterocycles. The lowest BCUT2D eigenvalue weighted by Gasteiger charge is -2.38. The number of hydrogen-bond acceptors (Lipinski definition) is 5. The molecule has 1 aromatic rings. The highest BCUT2D eigenvalue weighted by Gasteiger charge is 2.30. The highest BCUT2D eigenvalue weighted by atomic mass is 32.2. The van der Waals surface area contributed by atoms with E-state index in [-0.39, 0.29) is 35.1 Å². The molecule has 2 heterocycles. The lowest BCUT2D eigenvalue weighted by atomic mass is 9.97. The van der Waals surface area contributed by atoms with Crippen LogP contribution in [0.5, 0.6) is 0 Å². The van der Waals surface area contributed by atoms with Crippen LogP contribution < -0.4 is 0 Å². The average molecular weight is 437 g/mol. The van der Waals surface area contributed by atoms with Crippen LogP contribution in [-0.2, 0) is 19.6 Å². The molecule has 0 aromatic heterocycles. The number of benzene rings is 1. The maximum Gasteiger partial charge on any atom is 0.338 e. The third kappa shape index (κ3) is 5.03. The van der Waals surface area contributed by atoms with Crippen LogP contribution in [0.3, 0.4) is 0 Å². The predicted octanol–water partition coefficient (Wildman–Crippen LogP) is 3.05. The number of carbonyl (C=O) groups is 2. The Bertz CT molecular complexity index is 850. The van der Waals surface area contributed by atoms with Crippen molar-refractivity contribution in [2.75, 3.05) is 19.7 Å². The molecular weight excluding hydrogens is 404 g/mol. The Morgan fingerprint density at radius 1 is 0.967 bits per heavy atom. The number of piperidine rings is 2. The van der Waals surface area contributed by atoms with E-state index in [2.05, 4.69) is 6.92 Å². The van der Waals surface area contributed by atoms with E-state index in [1.807, 2.05) is 13.8 Å². The molecule has 2 aliphatic heterocycles. The van der Waals surface area contributed by atoms with Gasteiger partial charge in [-0.3, -0.25) is 4.79 Å². The summed E-state index contributed by atoms with van der Waals surface area (Å²) in [7, 11) is -3.56. The zero-order valence-corrected chi connectivity index (χ0v) is 18.9. The van der Waals surface area contributed by atoms with Crippen molar-refractivity contribution in [1.82, 2.24) is 9.21 Å². The van der Waals surface area contributed by atoms with Crippen molar-refractivity contribution in [1.29, 1.82) is 0 Å². The van der Waals surface area contributed by atoms with Gasteiger partial charge >= 0.3 is 5.97 Å². The first-order valence-electron chi connectivity index (χ1n) is 10.8. The highest BCUT2D eigenvalue weighted by molar-refractivity contribution is 7.89. The van der Waals surface area contributed by atoms with Gasteiger partial charge in [0.2, 0.25) is 10.0 Å². The highest BCUT2D eigenvalue weighted by Crippen LogP contribution is 2.24. The van der Waals surface area contributed by atoms with Crippen molar-refractivity contribution in [3.63, 3.8) is 0 Å². The Morgan fingerprint density at radius 2 is 1.53 bits per heavy atom. The van der Waals surface area contributed by atoms with E-state index < -0.39 is 16.0 Å². The zero-order chi connectivity index (χ0) is 21.9. The summed E-state index contributed by atoms with van der Waals surface area (Å²) in [4.78, 5) is 26.8. The van der Waals surface area contributed by atoms with Crippen LogP contribution in [-0.4, -0.2) is 61.3 Å². The fourth-order valence-electron chi connectivity index (χ4n) is 4.34. The molecule has 0 N–H and O–H groups in total. The fraction of sp³-hybridized carbons (Fsp3) is 0.636. The first-order chi connectivity index (χ1) is 14.2. The number of amides is 1. The normalized spacial score (nSPS) is 23.9. The molecule has 166 valence electrons. The van der Waals surface area contributed by atoms with Crippen LogP contribution in [0, 0.1) is 5.92 Å². The topological polar surface area (TPSA) is 84.0 Å². The third-order valence-corrected chi connectivity index (χ3v) is 8.19. The first kappa shape index (κ1) is 22.7. The molecule has 0 aliphatic carbocycles. The second-order valence-electron chi connectivity index (χ2n) is 8.62. The van der Waals surface area contributed by atoms with Crippen molar-refractivity contribution in [3.05, 3.63) is 29.8 Å². The van der Waals surface area contributed by atoms with E-state index in [1.54, 1.807) is 4.90 Å². The van der Waals surface area contributed by atoms with E-state index in [1.165, 1.54) is 28.6 Å². The maximum absolute atomic E-state index is 12.8. The van der Waals surface area contributed by atoms with E-state index in [0.29, 0.717) is 19.0 Å². The Kier molecular flexibility index (Phi) is 7.18. The van der Waals surface area contributed by atoms with Crippen LogP contribution in [0.25, 0.3) is 0 Å². The molecule has 1 aromatic carbocycles. The van der Waals surface area contributed by atoms with E-state index in [4.69, 9.17) is 4.74 Å². The largest absolute Gasteiger partial charge is 0.452 e. The van der Waals surface area contributed by atoms with Crippen LogP contribution in [0.2, 0.25) is 0 Å². The number of sulfonamides is 1. The van der Waals surface area contributed by atoms with Gasteiger partial charge in [-0.25, -0.2) is 13.2 Å². The second kappa shape index (κ2) is 9.47. The molecule has 0 spiro atoms. The van der Waals surface area contributed by atoms with E-state index in [0.717, 1.165) is 32.1 Å². The average Bonchev–Trinajstić information content (AvgIpc) is 2.72. The molecule has 2 atom stereocenters. The summed E-state index contributed by atoms with van der Waals surface area (Å²) in [6, 6.07) is 6.03. The minimum atomic E-state index is -3.56. The fourth-order valence-corrected chi connectivity index (χ4v) is 5.81. The second-order valence-corrected chi connectivity index (χ2v) is 10.6. The van der Waals surface area contributed by atoms with Gasteiger partial charge in [-0.15, -0.1) is 0 Å². The Balaban J connectivity index is 1.59. The van der Waals surface area contributed by atoms with Crippen LogP contribution >= 0.6 is 0 Å². The first-order valence-corrected chi connectivity index (χ1v) is 12.2. The smallest absolute Gasteiger partial charge is 0.338 e. The van der Waals surface area contributed by atoms with Gasteiger partial charge in [0.1, 0.15) is 0 Å². The summed E-state index contributed by atoms with van der Waals surface area (Å²) >= 11 is 0. The van der Waals surface area contributed by atoms with Gasteiger partial charge in [0.15, 0.2) is 6.61 Å². The molecule has 0 bridgehead atoms. The molecule has 2 unspecified atom stereocenters. The molecule has 0 saturated carbocycles. The molecule has 2 aliphatic rings. The summed E-state index contributed by atoms with van der Waals surface area (Å²) in [6.45, 7) is 6.88. The van der Waals surface area contributed by atoms with Crippen LogP contribution in [0.4, 0.5) is 0 Å². The quantitative estimate of drug-likeness (QED) is 0.663. The van der Waals surface area contributed by atoms with Gasteiger partial charge in [0.25, 0.3) is 5.91 Å². The minimum Gasteiger partial charge on any atom is -0.452 e. The van der Waals surface area contributed by atoms with E-state index >= 15 is 0 Å². The zero-order valence-electron chi connectivity index (χ0n) is 18.0. The monoisotopic (exact) mass is 436 g/mol. The number of nitrogens with zero attached hydrogens (tertiary/aromatic N) is 2. The number of carbonyl (C=O) groups excluding carboxylic acids is 2. The maximum atomic E-state index is 12.8. The van der Waals surface area contributed by atoms with E-state index in [9.17, 15) is 18.0 Å². The molecule has 2 fully saturated rings. The lowest BCUT2D eigenvalue weighted by molar-refractivity contribution is -0.140. The predicted molar refractivity (Wildman–Crippen MR) is 114 cm³/mol. The third-order valence-electron chi connectivity index (χ3n) is 6.28. The molecule has 3 rings (SSSR count). The summed E-state index contributed by atoms with van der Waals surface area (Å²) in [5.41, 5.74) is 0.230. The van der Waals surface area contributed by atoms with Crippen molar-refractivity contribution in [3.8, 4) is 0 Å². The molecular formula is C22H32N2O5S. The summed E-state index contributed by atoms with van der Waals surface area (Å²) in [6.07, 6.45) is 4.71. The van der Waals surface area contributed by atoms with Gasteiger partial charge in [-0.05, 0) is 76.1 Å². The summed E-state index contributed by atoms with van der Waals surface area (Å²) < 4.78 is 32.3. The van der Waals surface area contributed by atoms with Crippen molar-refractivity contribution >= 4 is 21.9 Å². The number of esters is 1. The summed E-state index contributed by atoms with van der Waals surface area (Å²) in [5, 5.41) is 0. The lowest BCUT2D eigenvalue weighted by Crippen LogP contribution is -2.49.